The van der Waals surface area contributed by atoms with Gasteiger partial charge in [0.25, 0.3) is 11.8 Å². The number of carbonyl (C=O) groups excluding carboxylic acids is 2. The quantitative estimate of drug-likeness (QED) is 0.205. The second-order valence-electron chi connectivity index (χ2n) is 11.6. The standard InChI is InChI=1S/C35H38N6O3S/c1-23-12-17-29(24(2)20-23)37-33(43)31-25(3)36-34-38-35(45-22-26-10-6-4-7-11-26)39-41(34)32(31)27-13-15-28(16-14-27)44-21-30(42)40-18-8-5-9-19-40/h4,6-7,10-17,20,32H,5,8-9,18-19,21-22H2,1-3H3,(H,37,43)(H,36,38,39). The molecule has 2 aliphatic heterocycles. The van der Waals surface area contributed by atoms with E-state index in [1.54, 1.807) is 16.4 Å². The highest BCUT2D eigenvalue weighted by atomic mass is 32.2. The van der Waals surface area contributed by atoms with E-state index in [0.717, 1.165) is 54.1 Å². The van der Waals surface area contributed by atoms with Crippen molar-refractivity contribution in [1.82, 2.24) is 19.7 Å². The lowest BCUT2D eigenvalue weighted by atomic mass is 9.94. The number of carbonyl (C=O) groups is 2. The summed E-state index contributed by atoms with van der Waals surface area (Å²) in [6.07, 6.45) is 3.25. The number of hydrogen-bond acceptors (Lipinski definition) is 7. The Labute approximate surface area is 268 Å². The third-order valence-electron chi connectivity index (χ3n) is 8.19. The van der Waals surface area contributed by atoms with Gasteiger partial charge in [-0.15, -0.1) is 5.10 Å². The van der Waals surface area contributed by atoms with Crippen LogP contribution in [-0.4, -0.2) is 51.2 Å². The van der Waals surface area contributed by atoms with Crippen LogP contribution in [-0.2, 0) is 15.3 Å². The van der Waals surface area contributed by atoms with Crippen molar-refractivity contribution < 1.29 is 14.3 Å². The molecule has 0 saturated carbocycles. The number of aryl methyl sites for hydroxylation is 2. The highest BCUT2D eigenvalue weighted by Gasteiger charge is 2.34. The molecule has 3 aromatic carbocycles. The zero-order chi connectivity index (χ0) is 31.3. The SMILES string of the molecule is CC1=C(C(=O)Nc2ccc(C)cc2C)C(c2ccc(OCC(=O)N3CCCCC3)cc2)n2nc(SCc3ccccc3)nc2N1. The van der Waals surface area contributed by atoms with Gasteiger partial charge in [0.05, 0.1) is 5.57 Å². The Bertz CT molecular complexity index is 1710. The Morgan fingerprint density at radius 1 is 0.978 bits per heavy atom. The molecule has 1 aromatic heterocycles. The molecule has 6 rings (SSSR count). The van der Waals surface area contributed by atoms with Crippen molar-refractivity contribution in [2.75, 3.05) is 30.3 Å². The van der Waals surface area contributed by atoms with Crippen molar-refractivity contribution in [3.8, 4) is 5.75 Å². The molecule has 1 atom stereocenters. The summed E-state index contributed by atoms with van der Waals surface area (Å²) in [6, 6.07) is 23.2. The molecule has 1 fully saturated rings. The van der Waals surface area contributed by atoms with E-state index in [-0.39, 0.29) is 18.4 Å². The molecule has 3 heterocycles. The Kier molecular flexibility index (Phi) is 9.21. The highest BCUT2D eigenvalue weighted by molar-refractivity contribution is 7.98. The summed E-state index contributed by atoms with van der Waals surface area (Å²) >= 11 is 1.55. The number of anilines is 2. The van der Waals surface area contributed by atoms with Crippen LogP contribution in [0.4, 0.5) is 11.6 Å². The fraction of sp³-hybridized carbons (Fsp3) is 0.314. The second kappa shape index (κ2) is 13.6. The lowest BCUT2D eigenvalue weighted by Gasteiger charge is -2.29. The van der Waals surface area contributed by atoms with E-state index in [1.165, 1.54) is 12.0 Å². The van der Waals surface area contributed by atoms with Crippen LogP contribution >= 0.6 is 11.8 Å². The van der Waals surface area contributed by atoms with E-state index in [2.05, 4.69) is 22.8 Å². The van der Waals surface area contributed by atoms with Gasteiger partial charge < -0.3 is 20.3 Å². The lowest BCUT2D eigenvalue weighted by Crippen LogP contribution is -2.38. The number of piperidine rings is 1. The molecule has 1 saturated heterocycles. The summed E-state index contributed by atoms with van der Waals surface area (Å²) in [5.74, 6) is 1.68. The summed E-state index contributed by atoms with van der Waals surface area (Å²) < 4.78 is 7.66. The minimum Gasteiger partial charge on any atom is -0.484 e. The first-order chi connectivity index (χ1) is 21.9. The summed E-state index contributed by atoms with van der Waals surface area (Å²) in [6.45, 7) is 7.50. The van der Waals surface area contributed by atoms with Crippen LogP contribution in [0.3, 0.4) is 0 Å². The minimum atomic E-state index is -0.533. The molecule has 2 aliphatic rings. The summed E-state index contributed by atoms with van der Waals surface area (Å²) in [5, 5.41) is 11.9. The van der Waals surface area contributed by atoms with Crippen molar-refractivity contribution >= 4 is 35.2 Å². The number of aromatic nitrogens is 3. The van der Waals surface area contributed by atoms with Crippen LogP contribution < -0.4 is 15.4 Å². The molecular weight excluding hydrogens is 584 g/mol. The third kappa shape index (κ3) is 7.06. The predicted octanol–water partition coefficient (Wildman–Crippen LogP) is 6.51. The molecule has 45 heavy (non-hydrogen) atoms. The minimum absolute atomic E-state index is 0.00445. The van der Waals surface area contributed by atoms with Gasteiger partial charge in [0.2, 0.25) is 11.1 Å². The Morgan fingerprint density at radius 3 is 2.47 bits per heavy atom. The van der Waals surface area contributed by atoms with Gasteiger partial charge in [-0.05, 0) is 74.9 Å². The average Bonchev–Trinajstić information content (AvgIpc) is 3.46. The van der Waals surface area contributed by atoms with E-state index in [1.807, 2.05) is 86.3 Å². The number of amides is 2. The number of nitrogens with one attached hydrogen (secondary N) is 2. The second-order valence-corrected chi connectivity index (χ2v) is 12.5. The molecule has 9 nitrogen and oxygen atoms in total. The monoisotopic (exact) mass is 622 g/mol. The molecule has 0 radical (unpaired) electrons. The Hall–Kier alpha value is -4.57. The molecule has 0 bridgehead atoms. The largest absolute Gasteiger partial charge is 0.484 e. The van der Waals surface area contributed by atoms with Gasteiger partial charge in [0.1, 0.15) is 11.8 Å². The van der Waals surface area contributed by atoms with Gasteiger partial charge in [0.15, 0.2) is 6.61 Å². The van der Waals surface area contributed by atoms with Crippen molar-refractivity contribution in [3.63, 3.8) is 0 Å². The van der Waals surface area contributed by atoms with Crippen molar-refractivity contribution in [3.05, 3.63) is 106 Å². The summed E-state index contributed by atoms with van der Waals surface area (Å²) in [4.78, 5) is 33.3. The first-order valence-corrected chi connectivity index (χ1v) is 16.3. The van der Waals surface area contributed by atoms with Gasteiger partial charge in [0, 0.05) is 30.2 Å². The molecule has 2 amide bonds. The van der Waals surface area contributed by atoms with E-state index in [9.17, 15) is 9.59 Å². The first kappa shape index (κ1) is 30.5. The highest BCUT2D eigenvalue weighted by Crippen LogP contribution is 2.38. The fourth-order valence-corrected chi connectivity index (χ4v) is 6.57. The van der Waals surface area contributed by atoms with Crippen molar-refractivity contribution in [2.24, 2.45) is 0 Å². The van der Waals surface area contributed by atoms with Crippen molar-refractivity contribution in [2.45, 2.75) is 57.0 Å². The first-order valence-electron chi connectivity index (χ1n) is 15.4. The lowest BCUT2D eigenvalue weighted by molar-refractivity contribution is -0.134. The van der Waals surface area contributed by atoms with Gasteiger partial charge in [-0.1, -0.05) is 71.9 Å². The zero-order valence-corrected chi connectivity index (χ0v) is 26.7. The predicted molar refractivity (Wildman–Crippen MR) is 177 cm³/mol. The number of rotatable bonds is 9. The molecule has 4 aromatic rings. The smallest absolute Gasteiger partial charge is 0.260 e. The number of fused-ring (bicyclic) bond motifs is 1. The molecule has 10 heteroatoms. The van der Waals surface area contributed by atoms with Crippen LogP contribution in [0.1, 0.15) is 54.5 Å². The maximum absolute atomic E-state index is 14.0. The molecule has 0 aliphatic carbocycles. The number of allylic oxidation sites excluding steroid dienone is 1. The third-order valence-corrected chi connectivity index (χ3v) is 9.09. The van der Waals surface area contributed by atoms with Crippen molar-refractivity contribution in [1.29, 1.82) is 0 Å². The van der Waals surface area contributed by atoms with E-state index >= 15 is 0 Å². The van der Waals surface area contributed by atoms with Crippen LogP contribution in [0.2, 0.25) is 0 Å². The Balaban J connectivity index is 1.27. The number of ether oxygens (including phenoxy) is 1. The summed E-state index contributed by atoms with van der Waals surface area (Å²) in [7, 11) is 0. The number of thioether (sulfide) groups is 1. The number of hydrogen-bond donors (Lipinski definition) is 2. The van der Waals surface area contributed by atoms with Crippen LogP contribution in [0, 0.1) is 13.8 Å². The molecule has 2 N–H and O–H groups in total. The normalized spacial score (nSPS) is 16.2. The van der Waals surface area contributed by atoms with E-state index < -0.39 is 6.04 Å². The number of nitrogens with zero attached hydrogens (tertiary/aromatic N) is 4. The fourth-order valence-electron chi connectivity index (χ4n) is 5.79. The Morgan fingerprint density at radius 2 is 1.73 bits per heavy atom. The number of benzene rings is 3. The molecular formula is C35H38N6O3S. The topological polar surface area (TPSA) is 101 Å². The van der Waals surface area contributed by atoms with E-state index in [0.29, 0.717) is 28.1 Å². The van der Waals surface area contributed by atoms with Gasteiger partial charge in [-0.25, -0.2) is 4.68 Å². The van der Waals surface area contributed by atoms with Gasteiger partial charge in [-0.3, -0.25) is 9.59 Å². The summed E-state index contributed by atoms with van der Waals surface area (Å²) in [5.41, 5.74) is 6.15. The number of likely N-dealkylation sites (tertiary alicyclic amines) is 1. The molecule has 1 unspecified atom stereocenters. The van der Waals surface area contributed by atoms with Crippen LogP contribution in [0.5, 0.6) is 5.75 Å². The zero-order valence-electron chi connectivity index (χ0n) is 25.9. The molecule has 232 valence electrons. The van der Waals surface area contributed by atoms with Crippen LogP contribution in [0.25, 0.3) is 0 Å². The average molecular weight is 623 g/mol. The van der Waals surface area contributed by atoms with Gasteiger partial charge in [-0.2, -0.15) is 4.98 Å². The maximum atomic E-state index is 14.0. The van der Waals surface area contributed by atoms with Gasteiger partial charge >= 0.3 is 0 Å². The van der Waals surface area contributed by atoms with Crippen LogP contribution in [0.15, 0.2) is 89.2 Å². The molecule has 0 spiro atoms. The van der Waals surface area contributed by atoms with E-state index in [4.69, 9.17) is 14.8 Å². The maximum Gasteiger partial charge on any atom is 0.260 e.